The van der Waals surface area contributed by atoms with E-state index in [1.165, 1.54) is 6.42 Å². The summed E-state index contributed by atoms with van der Waals surface area (Å²) in [7, 11) is 0. The van der Waals surface area contributed by atoms with Gasteiger partial charge in [0.2, 0.25) is 5.91 Å². The minimum Gasteiger partial charge on any atom is -0.380 e. The summed E-state index contributed by atoms with van der Waals surface area (Å²) in [6.07, 6.45) is 4.37. The fourth-order valence-corrected chi connectivity index (χ4v) is 4.23. The van der Waals surface area contributed by atoms with Crippen LogP contribution in [0.5, 0.6) is 0 Å². The van der Waals surface area contributed by atoms with Gasteiger partial charge in [0.15, 0.2) is 0 Å². The monoisotopic (exact) mass is 407 g/mol. The molecule has 3 amide bonds. The van der Waals surface area contributed by atoms with Gasteiger partial charge >= 0.3 is 6.03 Å². The third-order valence-corrected chi connectivity index (χ3v) is 5.84. The highest BCUT2D eigenvalue weighted by Gasteiger charge is 2.27. The molecule has 2 aliphatic heterocycles. The zero-order valence-corrected chi connectivity index (χ0v) is 17.1. The van der Waals surface area contributed by atoms with Crippen molar-refractivity contribution in [2.75, 3.05) is 41.7 Å². The Morgan fingerprint density at radius 2 is 1.73 bits per heavy atom. The van der Waals surface area contributed by atoms with Gasteiger partial charge in [0, 0.05) is 43.5 Å². The number of carbonyl (C=O) groups excluding carboxylic acids is 2. The molecule has 7 nitrogen and oxygen atoms in total. The van der Waals surface area contributed by atoms with E-state index in [0.717, 1.165) is 43.7 Å². The molecule has 7 heteroatoms. The Kier molecular flexibility index (Phi) is 6.07. The Bertz CT molecular complexity index is 896. The van der Waals surface area contributed by atoms with Crippen LogP contribution in [0.25, 0.3) is 0 Å². The van der Waals surface area contributed by atoms with Crippen molar-refractivity contribution in [2.45, 2.75) is 31.7 Å². The number of rotatable bonds is 5. The number of primary amides is 1. The van der Waals surface area contributed by atoms with Crippen LogP contribution in [-0.2, 0) is 0 Å². The molecule has 2 aromatic carbocycles. The van der Waals surface area contributed by atoms with Gasteiger partial charge in [0.1, 0.15) is 0 Å². The zero-order chi connectivity index (χ0) is 20.9. The average molecular weight is 408 g/mol. The maximum Gasteiger partial charge on any atom is 0.321 e. The molecule has 0 spiro atoms. The van der Waals surface area contributed by atoms with Crippen molar-refractivity contribution in [1.82, 2.24) is 4.90 Å². The number of para-hydroxylation sites is 1. The second-order valence-electron chi connectivity index (χ2n) is 8.02. The molecule has 0 aliphatic carbocycles. The summed E-state index contributed by atoms with van der Waals surface area (Å²) in [5.74, 6) is -0.496. The third kappa shape index (κ3) is 4.67. The van der Waals surface area contributed by atoms with Crippen LogP contribution in [0.2, 0.25) is 0 Å². The van der Waals surface area contributed by atoms with E-state index in [1.54, 1.807) is 12.1 Å². The molecule has 0 bridgehead atoms. The van der Waals surface area contributed by atoms with Crippen molar-refractivity contribution < 1.29 is 9.59 Å². The van der Waals surface area contributed by atoms with Gasteiger partial charge in [-0.3, -0.25) is 4.79 Å². The van der Waals surface area contributed by atoms with Crippen molar-refractivity contribution >= 4 is 29.0 Å². The highest BCUT2D eigenvalue weighted by atomic mass is 16.2. The van der Waals surface area contributed by atoms with Gasteiger partial charge in [-0.2, -0.15) is 0 Å². The number of hydrogen-bond donors (Lipinski definition) is 3. The van der Waals surface area contributed by atoms with E-state index < -0.39 is 5.91 Å². The third-order valence-electron chi connectivity index (χ3n) is 5.84. The van der Waals surface area contributed by atoms with Gasteiger partial charge in [-0.05, 0) is 56.0 Å². The highest BCUT2D eigenvalue weighted by Crippen LogP contribution is 2.30. The number of nitrogens with one attached hydrogen (secondary N) is 2. The van der Waals surface area contributed by atoms with E-state index in [-0.39, 0.29) is 12.1 Å². The first-order valence-electron chi connectivity index (χ1n) is 10.7. The number of nitrogens with zero attached hydrogens (tertiary/aromatic N) is 2. The average Bonchev–Trinajstić information content (AvgIpc) is 3.23. The van der Waals surface area contributed by atoms with Gasteiger partial charge in [-0.15, -0.1) is 0 Å². The Labute approximate surface area is 177 Å². The molecule has 0 radical (unpaired) electrons. The van der Waals surface area contributed by atoms with E-state index in [2.05, 4.69) is 15.5 Å². The summed E-state index contributed by atoms with van der Waals surface area (Å²) < 4.78 is 0. The quantitative estimate of drug-likeness (QED) is 0.708. The molecule has 1 unspecified atom stereocenters. The van der Waals surface area contributed by atoms with Crippen molar-refractivity contribution in [3.05, 3.63) is 54.1 Å². The molecule has 2 fully saturated rings. The first-order valence-corrected chi connectivity index (χ1v) is 10.7. The molecule has 30 heavy (non-hydrogen) atoms. The number of anilines is 3. The number of piperidine rings is 1. The molecule has 4 N–H and O–H groups in total. The number of likely N-dealkylation sites (tertiary alicyclic amines) is 1. The lowest BCUT2D eigenvalue weighted by Gasteiger charge is -2.31. The molecular weight excluding hydrogens is 378 g/mol. The molecule has 4 rings (SSSR count). The van der Waals surface area contributed by atoms with Crippen molar-refractivity contribution in [3.63, 3.8) is 0 Å². The molecule has 2 aromatic rings. The number of amides is 3. The standard InChI is InChI=1S/C23H29N5O2/c24-22(29)17-9-10-21(27-12-5-2-6-13-27)20(15-17)26-23(30)28-14-11-19(16-28)25-18-7-3-1-4-8-18/h1,3-4,7-10,15,19,25H,2,5-6,11-14,16H2,(H2,24,29)(H,26,30). The highest BCUT2D eigenvalue weighted by molar-refractivity contribution is 5.99. The number of benzene rings is 2. The van der Waals surface area contributed by atoms with Gasteiger partial charge in [-0.1, -0.05) is 18.2 Å². The summed E-state index contributed by atoms with van der Waals surface area (Å²) in [5, 5.41) is 6.52. The first-order chi connectivity index (χ1) is 14.6. The van der Waals surface area contributed by atoms with Crippen LogP contribution in [0, 0.1) is 0 Å². The second-order valence-corrected chi connectivity index (χ2v) is 8.02. The van der Waals surface area contributed by atoms with E-state index in [4.69, 9.17) is 5.73 Å². The van der Waals surface area contributed by atoms with Crippen LogP contribution < -0.4 is 21.3 Å². The first kappa shape index (κ1) is 20.1. The van der Waals surface area contributed by atoms with Gasteiger partial charge in [0.05, 0.1) is 11.4 Å². The van der Waals surface area contributed by atoms with Crippen LogP contribution >= 0.6 is 0 Å². The Morgan fingerprint density at radius 3 is 2.47 bits per heavy atom. The molecular formula is C23H29N5O2. The van der Waals surface area contributed by atoms with E-state index in [9.17, 15) is 9.59 Å². The summed E-state index contributed by atoms with van der Waals surface area (Å²) >= 11 is 0. The van der Waals surface area contributed by atoms with Gasteiger partial charge < -0.3 is 26.2 Å². The Hall–Kier alpha value is -3.22. The smallest absolute Gasteiger partial charge is 0.321 e. The van der Waals surface area contributed by atoms with Gasteiger partial charge in [-0.25, -0.2) is 4.79 Å². The van der Waals surface area contributed by atoms with E-state index in [1.807, 2.05) is 41.3 Å². The van der Waals surface area contributed by atoms with E-state index in [0.29, 0.717) is 24.3 Å². The zero-order valence-electron chi connectivity index (χ0n) is 17.1. The fourth-order valence-electron chi connectivity index (χ4n) is 4.23. The lowest BCUT2D eigenvalue weighted by Crippen LogP contribution is -2.36. The van der Waals surface area contributed by atoms with Crippen LogP contribution in [0.3, 0.4) is 0 Å². The second kappa shape index (κ2) is 9.07. The minimum atomic E-state index is -0.496. The predicted molar refractivity (Wildman–Crippen MR) is 120 cm³/mol. The molecule has 0 saturated carbocycles. The van der Waals surface area contributed by atoms with Crippen molar-refractivity contribution in [2.24, 2.45) is 5.73 Å². The van der Waals surface area contributed by atoms with Gasteiger partial charge in [0.25, 0.3) is 0 Å². The fraction of sp³-hybridized carbons (Fsp3) is 0.391. The molecule has 1 atom stereocenters. The Balaban J connectivity index is 1.45. The predicted octanol–water partition coefficient (Wildman–Crippen LogP) is 3.49. The van der Waals surface area contributed by atoms with Crippen LogP contribution in [-0.4, -0.2) is 49.1 Å². The lowest BCUT2D eigenvalue weighted by atomic mass is 10.1. The molecule has 0 aromatic heterocycles. The van der Waals surface area contributed by atoms with Crippen LogP contribution in [0.1, 0.15) is 36.0 Å². The largest absolute Gasteiger partial charge is 0.380 e. The normalized spacial score (nSPS) is 18.9. The van der Waals surface area contributed by atoms with Crippen molar-refractivity contribution in [3.8, 4) is 0 Å². The molecule has 2 heterocycles. The number of urea groups is 1. The summed E-state index contributed by atoms with van der Waals surface area (Å²) in [6, 6.07) is 15.4. The summed E-state index contributed by atoms with van der Waals surface area (Å²) in [5.41, 5.74) is 8.53. The van der Waals surface area contributed by atoms with Crippen molar-refractivity contribution in [1.29, 1.82) is 0 Å². The van der Waals surface area contributed by atoms with Crippen LogP contribution in [0.15, 0.2) is 48.5 Å². The summed E-state index contributed by atoms with van der Waals surface area (Å²) in [4.78, 5) is 28.7. The molecule has 158 valence electrons. The lowest BCUT2D eigenvalue weighted by molar-refractivity contribution is 0.1000. The maximum atomic E-state index is 13.0. The van der Waals surface area contributed by atoms with E-state index >= 15 is 0 Å². The SMILES string of the molecule is NC(=O)c1ccc(N2CCCCC2)c(NC(=O)N2CCC(Nc3ccccc3)C2)c1. The number of hydrogen-bond acceptors (Lipinski definition) is 4. The molecule has 2 aliphatic rings. The summed E-state index contributed by atoms with van der Waals surface area (Å²) in [6.45, 7) is 3.22. The number of carbonyl (C=O) groups is 2. The van der Waals surface area contributed by atoms with Crippen LogP contribution in [0.4, 0.5) is 21.9 Å². The Morgan fingerprint density at radius 1 is 0.967 bits per heavy atom. The topological polar surface area (TPSA) is 90.7 Å². The maximum absolute atomic E-state index is 13.0. The molecule has 2 saturated heterocycles. The number of nitrogens with two attached hydrogens (primary N) is 1. The minimum absolute atomic E-state index is 0.146.